The number of aliphatic hydroxyl groups excluding tert-OH is 2. The Morgan fingerprint density at radius 2 is 0.679 bits per heavy atom. The van der Waals surface area contributed by atoms with Crippen LogP contribution in [0, 0.1) is 0 Å². The molecule has 0 amide bonds. The van der Waals surface area contributed by atoms with E-state index in [1.54, 1.807) is 48.5 Å². The van der Waals surface area contributed by atoms with Crippen molar-refractivity contribution in [2.75, 3.05) is 26.4 Å². The molecule has 0 spiro atoms. The summed E-state index contributed by atoms with van der Waals surface area (Å²) in [6, 6.07) is 21.7. The Balaban J connectivity index is 1.54. The molecule has 2 N–H and O–H groups in total. The fourth-order valence-corrected chi connectivity index (χ4v) is 2.38. The van der Waals surface area contributed by atoms with Crippen LogP contribution in [0.4, 0.5) is 0 Å². The summed E-state index contributed by atoms with van der Waals surface area (Å²) in [5.41, 5.74) is 0. The summed E-state index contributed by atoms with van der Waals surface area (Å²) >= 11 is 0. The predicted octanol–water partition coefficient (Wildman–Crippen LogP) is 4.01. The molecule has 0 atom stereocenters. The van der Waals surface area contributed by atoms with Gasteiger partial charge in [0.1, 0.15) is 47.7 Å². The Labute approximate surface area is 163 Å². The lowest BCUT2D eigenvalue weighted by Crippen LogP contribution is -2.01. The van der Waals surface area contributed by atoms with Gasteiger partial charge in [0.25, 0.3) is 0 Å². The van der Waals surface area contributed by atoms with Gasteiger partial charge in [-0.25, -0.2) is 0 Å². The van der Waals surface area contributed by atoms with Gasteiger partial charge in [0.05, 0.1) is 13.2 Å². The van der Waals surface area contributed by atoms with E-state index in [-0.39, 0.29) is 26.4 Å². The molecule has 28 heavy (non-hydrogen) atoms. The molecule has 3 aromatic rings. The van der Waals surface area contributed by atoms with Crippen molar-refractivity contribution in [2.45, 2.75) is 0 Å². The summed E-state index contributed by atoms with van der Waals surface area (Å²) in [6.07, 6.45) is 0. The second-order valence-electron chi connectivity index (χ2n) is 5.76. The van der Waals surface area contributed by atoms with E-state index in [0.717, 1.165) is 0 Å². The molecule has 3 aromatic carbocycles. The van der Waals surface area contributed by atoms with Gasteiger partial charge in [-0.05, 0) is 72.8 Å². The van der Waals surface area contributed by atoms with Crippen LogP contribution in [0.15, 0.2) is 72.8 Å². The third-order valence-electron chi connectivity index (χ3n) is 3.66. The summed E-state index contributed by atoms with van der Waals surface area (Å²) < 4.78 is 22.2. The third kappa shape index (κ3) is 5.90. The first-order valence-corrected chi connectivity index (χ1v) is 8.90. The van der Waals surface area contributed by atoms with Gasteiger partial charge in [0.15, 0.2) is 0 Å². The van der Waals surface area contributed by atoms with Gasteiger partial charge >= 0.3 is 0 Å². The van der Waals surface area contributed by atoms with Crippen molar-refractivity contribution >= 4 is 0 Å². The molecule has 0 aliphatic rings. The van der Waals surface area contributed by atoms with E-state index in [1.807, 2.05) is 24.3 Å². The van der Waals surface area contributed by atoms with Crippen LogP contribution in [0.3, 0.4) is 0 Å². The van der Waals surface area contributed by atoms with Gasteiger partial charge in [0, 0.05) is 0 Å². The Kier molecular flexibility index (Phi) is 7.12. The fourth-order valence-electron chi connectivity index (χ4n) is 2.38. The van der Waals surface area contributed by atoms with Crippen LogP contribution in [-0.4, -0.2) is 36.6 Å². The highest BCUT2D eigenvalue weighted by atomic mass is 16.5. The molecule has 146 valence electrons. The fraction of sp³-hybridized carbons (Fsp3) is 0.182. The molecule has 0 aliphatic heterocycles. The summed E-state index contributed by atoms with van der Waals surface area (Å²) in [5.74, 6) is 4.09. The molecule has 0 radical (unpaired) electrons. The summed E-state index contributed by atoms with van der Waals surface area (Å²) in [7, 11) is 0. The maximum absolute atomic E-state index is 8.76. The van der Waals surface area contributed by atoms with Crippen LogP contribution in [0.1, 0.15) is 0 Å². The van der Waals surface area contributed by atoms with Crippen LogP contribution >= 0.6 is 0 Å². The lowest BCUT2D eigenvalue weighted by atomic mass is 10.3. The van der Waals surface area contributed by atoms with Crippen molar-refractivity contribution in [1.82, 2.24) is 0 Å². The zero-order valence-electron chi connectivity index (χ0n) is 15.3. The summed E-state index contributed by atoms with van der Waals surface area (Å²) in [6.45, 7) is 0.489. The number of hydrogen-bond donors (Lipinski definition) is 2. The van der Waals surface area contributed by atoms with Crippen molar-refractivity contribution in [3.8, 4) is 34.5 Å². The highest BCUT2D eigenvalue weighted by Crippen LogP contribution is 2.28. The smallest absolute Gasteiger partial charge is 0.127 e. The van der Waals surface area contributed by atoms with E-state index in [1.165, 1.54) is 0 Å². The summed E-state index contributed by atoms with van der Waals surface area (Å²) in [4.78, 5) is 0. The molecule has 0 heterocycles. The van der Waals surface area contributed by atoms with Gasteiger partial charge < -0.3 is 29.2 Å². The van der Waals surface area contributed by atoms with Crippen LogP contribution in [0.2, 0.25) is 0 Å². The molecule has 0 unspecified atom stereocenters. The summed E-state index contributed by atoms with van der Waals surface area (Å²) in [5, 5.41) is 17.5. The van der Waals surface area contributed by atoms with E-state index >= 15 is 0 Å². The van der Waals surface area contributed by atoms with E-state index in [9.17, 15) is 0 Å². The second-order valence-corrected chi connectivity index (χ2v) is 5.76. The topological polar surface area (TPSA) is 77.4 Å². The molecule has 3 rings (SSSR count). The maximum atomic E-state index is 8.76. The lowest BCUT2D eigenvalue weighted by Gasteiger charge is -2.10. The van der Waals surface area contributed by atoms with Crippen LogP contribution < -0.4 is 18.9 Å². The molecule has 0 fully saturated rings. The minimum Gasteiger partial charge on any atom is -0.491 e. The normalized spacial score (nSPS) is 10.4. The molecule has 0 saturated carbocycles. The minimum atomic E-state index is -0.0195. The Morgan fingerprint density at radius 3 is 0.929 bits per heavy atom. The van der Waals surface area contributed by atoms with Gasteiger partial charge in [-0.3, -0.25) is 0 Å². The first-order chi connectivity index (χ1) is 13.8. The number of hydrogen-bond acceptors (Lipinski definition) is 6. The largest absolute Gasteiger partial charge is 0.491 e. The lowest BCUT2D eigenvalue weighted by molar-refractivity contribution is 0.201. The highest BCUT2D eigenvalue weighted by Gasteiger charge is 2.02. The van der Waals surface area contributed by atoms with Gasteiger partial charge in [-0.1, -0.05) is 0 Å². The van der Waals surface area contributed by atoms with Gasteiger partial charge in [-0.15, -0.1) is 0 Å². The molecular weight excluding hydrogens is 360 g/mol. The van der Waals surface area contributed by atoms with Crippen LogP contribution in [0.25, 0.3) is 0 Å². The number of benzene rings is 3. The predicted molar refractivity (Wildman–Crippen MR) is 105 cm³/mol. The van der Waals surface area contributed by atoms with E-state index in [0.29, 0.717) is 34.5 Å². The average Bonchev–Trinajstić information content (AvgIpc) is 2.74. The second kappa shape index (κ2) is 10.2. The van der Waals surface area contributed by atoms with Crippen LogP contribution in [0.5, 0.6) is 34.5 Å². The highest BCUT2D eigenvalue weighted by molar-refractivity contribution is 5.40. The van der Waals surface area contributed by atoms with Crippen molar-refractivity contribution in [1.29, 1.82) is 0 Å². The number of ether oxygens (including phenoxy) is 4. The Morgan fingerprint density at radius 1 is 0.429 bits per heavy atom. The Hall–Kier alpha value is -3.22. The molecule has 0 saturated heterocycles. The van der Waals surface area contributed by atoms with Crippen molar-refractivity contribution < 1.29 is 29.2 Å². The van der Waals surface area contributed by atoms with E-state index < -0.39 is 0 Å². The van der Waals surface area contributed by atoms with Crippen molar-refractivity contribution in [2.24, 2.45) is 0 Å². The zero-order valence-corrected chi connectivity index (χ0v) is 15.3. The molecule has 6 heteroatoms. The Bertz CT molecular complexity index is 756. The molecule has 0 bridgehead atoms. The molecule has 0 aromatic heterocycles. The first-order valence-electron chi connectivity index (χ1n) is 8.90. The standard InChI is InChI=1S/C22H22O6/c23-13-15-25-17-1-5-19(6-2-17)27-21-9-11-22(12-10-21)28-20-7-3-18(4-8-20)26-16-14-24/h1-12,23-24H,13-16H2. The molecular formula is C22H22O6. The maximum Gasteiger partial charge on any atom is 0.127 e. The minimum absolute atomic E-state index is 0.0195. The number of aliphatic hydroxyl groups is 2. The first kappa shape index (κ1) is 19.5. The zero-order chi connectivity index (χ0) is 19.6. The van der Waals surface area contributed by atoms with Crippen molar-refractivity contribution in [3.63, 3.8) is 0 Å². The average molecular weight is 382 g/mol. The SMILES string of the molecule is OCCOc1ccc(Oc2ccc(Oc3ccc(OCCO)cc3)cc2)cc1. The monoisotopic (exact) mass is 382 g/mol. The number of rotatable bonds is 10. The van der Waals surface area contributed by atoms with E-state index in [2.05, 4.69) is 0 Å². The van der Waals surface area contributed by atoms with Gasteiger partial charge in [0.2, 0.25) is 0 Å². The van der Waals surface area contributed by atoms with E-state index in [4.69, 9.17) is 29.2 Å². The van der Waals surface area contributed by atoms with Crippen LogP contribution in [-0.2, 0) is 0 Å². The molecule has 0 aliphatic carbocycles. The van der Waals surface area contributed by atoms with Gasteiger partial charge in [-0.2, -0.15) is 0 Å². The van der Waals surface area contributed by atoms with Crippen molar-refractivity contribution in [3.05, 3.63) is 72.8 Å². The third-order valence-corrected chi connectivity index (χ3v) is 3.66. The molecule has 6 nitrogen and oxygen atoms in total. The quantitative estimate of drug-likeness (QED) is 0.552.